The van der Waals surface area contributed by atoms with Crippen molar-refractivity contribution in [1.82, 2.24) is 9.97 Å². The molecule has 0 N–H and O–H groups in total. The van der Waals surface area contributed by atoms with E-state index in [2.05, 4.69) is 30.7 Å². The van der Waals surface area contributed by atoms with Gasteiger partial charge in [0.25, 0.3) is 0 Å². The summed E-state index contributed by atoms with van der Waals surface area (Å²) in [7, 11) is 0. The van der Waals surface area contributed by atoms with Gasteiger partial charge in [-0.05, 0) is 24.2 Å². The molecule has 1 heterocycles. The minimum absolute atomic E-state index is 0.217. The van der Waals surface area contributed by atoms with Gasteiger partial charge < -0.3 is 4.74 Å². The molecule has 0 saturated heterocycles. The summed E-state index contributed by atoms with van der Waals surface area (Å²) in [4.78, 5) is 8.70. The Bertz CT molecular complexity index is 353. The van der Waals surface area contributed by atoms with Crippen LogP contribution in [0.4, 0.5) is 0 Å². The van der Waals surface area contributed by atoms with E-state index in [4.69, 9.17) is 4.74 Å². The van der Waals surface area contributed by atoms with E-state index in [9.17, 15) is 0 Å². The van der Waals surface area contributed by atoms with Crippen LogP contribution < -0.4 is 4.74 Å². The number of rotatable bonds is 4. The third-order valence-corrected chi connectivity index (χ3v) is 2.53. The molecule has 88 valence electrons. The largest absolute Gasteiger partial charge is 0.477 e. The first kappa shape index (κ1) is 11.4. The van der Waals surface area contributed by atoms with Gasteiger partial charge in [-0.25, -0.2) is 4.98 Å². The molecule has 0 spiro atoms. The SMILES string of the molecule is CC(C)(C)Cc1nccc(OCC2CC2)n1. The lowest BCUT2D eigenvalue weighted by molar-refractivity contribution is 0.285. The van der Waals surface area contributed by atoms with E-state index in [1.165, 1.54) is 12.8 Å². The standard InChI is InChI=1S/C13H20N2O/c1-13(2,3)8-11-14-7-6-12(15-11)16-9-10-4-5-10/h6-7,10H,4-5,8-9H2,1-3H3. The van der Waals surface area contributed by atoms with Gasteiger partial charge in [0, 0.05) is 18.7 Å². The van der Waals surface area contributed by atoms with Crippen LogP contribution in [-0.4, -0.2) is 16.6 Å². The Morgan fingerprint density at radius 3 is 2.75 bits per heavy atom. The fourth-order valence-corrected chi connectivity index (χ4v) is 1.51. The van der Waals surface area contributed by atoms with Gasteiger partial charge >= 0.3 is 0 Å². The molecule has 0 bridgehead atoms. The second kappa shape index (κ2) is 4.40. The highest BCUT2D eigenvalue weighted by Gasteiger charge is 2.22. The Labute approximate surface area is 97.3 Å². The number of aromatic nitrogens is 2. The summed E-state index contributed by atoms with van der Waals surface area (Å²) < 4.78 is 5.63. The van der Waals surface area contributed by atoms with Crippen molar-refractivity contribution in [1.29, 1.82) is 0 Å². The normalized spacial score (nSPS) is 16.2. The summed E-state index contributed by atoms with van der Waals surface area (Å²) in [6.45, 7) is 7.38. The lowest BCUT2D eigenvalue weighted by Crippen LogP contribution is -2.12. The molecule has 1 aliphatic carbocycles. The second-order valence-electron chi connectivity index (χ2n) is 5.80. The van der Waals surface area contributed by atoms with Crippen LogP contribution in [0.1, 0.15) is 39.4 Å². The fraction of sp³-hybridized carbons (Fsp3) is 0.692. The molecule has 0 aliphatic heterocycles. The van der Waals surface area contributed by atoms with Gasteiger partial charge in [0.05, 0.1) is 6.61 Å². The van der Waals surface area contributed by atoms with Gasteiger partial charge in [0.1, 0.15) is 5.82 Å². The first-order valence-electron chi connectivity index (χ1n) is 5.98. The molecule has 1 aromatic rings. The van der Waals surface area contributed by atoms with Crippen molar-refractivity contribution < 1.29 is 4.74 Å². The van der Waals surface area contributed by atoms with Crippen molar-refractivity contribution in [3.05, 3.63) is 18.1 Å². The Hall–Kier alpha value is -1.12. The number of hydrogen-bond donors (Lipinski definition) is 0. The minimum atomic E-state index is 0.217. The molecule has 0 amide bonds. The second-order valence-corrected chi connectivity index (χ2v) is 5.80. The van der Waals surface area contributed by atoms with Crippen LogP contribution in [0.15, 0.2) is 12.3 Å². The summed E-state index contributed by atoms with van der Waals surface area (Å²) in [5.41, 5.74) is 0.217. The average Bonchev–Trinajstić information content (AvgIpc) is 2.96. The van der Waals surface area contributed by atoms with Crippen molar-refractivity contribution in [3.8, 4) is 5.88 Å². The third kappa shape index (κ3) is 3.80. The van der Waals surface area contributed by atoms with Gasteiger partial charge in [-0.1, -0.05) is 20.8 Å². The Morgan fingerprint density at radius 2 is 2.12 bits per heavy atom. The summed E-state index contributed by atoms with van der Waals surface area (Å²) in [6, 6.07) is 1.84. The van der Waals surface area contributed by atoms with Crippen LogP contribution in [0.3, 0.4) is 0 Å². The molecular formula is C13H20N2O. The van der Waals surface area contributed by atoms with Gasteiger partial charge in [0.2, 0.25) is 5.88 Å². The molecule has 1 saturated carbocycles. The van der Waals surface area contributed by atoms with E-state index in [1.807, 2.05) is 6.07 Å². The molecule has 0 unspecified atom stereocenters. The van der Waals surface area contributed by atoms with Crippen molar-refractivity contribution in [2.75, 3.05) is 6.61 Å². The van der Waals surface area contributed by atoms with Crippen molar-refractivity contribution in [2.45, 2.75) is 40.0 Å². The van der Waals surface area contributed by atoms with E-state index < -0.39 is 0 Å². The summed E-state index contributed by atoms with van der Waals surface area (Å²) in [5.74, 6) is 2.36. The summed E-state index contributed by atoms with van der Waals surface area (Å²) in [5, 5.41) is 0. The van der Waals surface area contributed by atoms with Crippen LogP contribution in [0.5, 0.6) is 5.88 Å². The molecule has 16 heavy (non-hydrogen) atoms. The maximum atomic E-state index is 5.63. The van der Waals surface area contributed by atoms with E-state index in [0.29, 0.717) is 0 Å². The zero-order valence-electron chi connectivity index (χ0n) is 10.4. The molecule has 3 nitrogen and oxygen atoms in total. The molecule has 1 aromatic heterocycles. The highest BCUT2D eigenvalue weighted by molar-refractivity contribution is 5.09. The van der Waals surface area contributed by atoms with Crippen LogP contribution in [0, 0.1) is 11.3 Å². The first-order valence-corrected chi connectivity index (χ1v) is 5.98. The van der Waals surface area contributed by atoms with E-state index in [0.717, 1.165) is 30.7 Å². The fourth-order valence-electron chi connectivity index (χ4n) is 1.51. The van der Waals surface area contributed by atoms with Crippen molar-refractivity contribution in [3.63, 3.8) is 0 Å². The molecule has 1 fully saturated rings. The van der Waals surface area contributed by atoms with Gasteiger partial charge in [-0.2, -0.15) is 4.98 Å². The predicted octanol–water partition coefficient (Wildman–Crippen LogP) is 2.85. The van der Waals surface area contributed by atoms with Crippen LogP contribution in [0.25, 0.3) is 0 Å². The van der Waals surface area contributed by atoms with E-state index in [1.54, 1.807) is 6.20 Å². The van der Waals surface area contributed by atoms with Crippen molar-refractivity contribution >= 4 is 0 Å². The predicted molar refractivity (Wildman–Crippen MR) is 63.4 cm³/mol. The summed E-state index contributed by atoms with van der Waals surface area (Å²) >= 11 is 0. The topological polar surface area (TPSA) is 35.0 Å². The molecule has 0 aromatic carbocycles. The molecule has 2 rings (SSSR count). The van der Waals surface area contributed by atoms with Crippen LogP contribution in [-0.2, 0) is 6.42 Å². The lowest BCUT2D eigenvalue weighted by Gasteiger charge is -2.16. The minimum Gasteiger partial charge on any atom is -0.477 e. The molecular weight excluding hydrogens is 200 g/mol. The molecule has 0 radical (unpaired) electrons. The maximum Gasteiger partial charge on any atom is 0.216 e. The smallest absolute Gasteiger partial charge is 0.216 e. The lowest BCUT2D eigenvalue weighted by atomic mass is 9.92. The third-order valence-electron chi connectivity index (χ3n) is 2.53. The summed E-state index contributed by atoms with van der Waals surface area (Å²) in [6.07, 6.45) is 5.28. The van der Waals surface area contributed by atoms with Gasteiger partial charge in [-0.3, -0.25) is 0 Å². The van der Waals surface area contributed by atoms with Gasteiger partial charge in [-0.15, -0.1) is 0 Å². The zero-order chi connectivity index (χ0) is 11.6. The van der Waals surface area contributed by atoms with Crippen LogP contribution in [0.2, 0.25) is 0 Å². The quantitative estimate of drug-likeness (QED) is 0.782. The Kier molecular flexibility index (Phi) is 3.13. The maximum absolute atomic E-state index is 5.63. The average molecular weight is 220 g/mol. The monoisotopic (exact) mass is 220 g/mol. The van der Waals surface area contributed by atoms with Crippen LogP contribution >= 0.6 is 0 Å². The molecule has 3 heteroatoms. The highest BCUT2D eigenvalue weighted by atomic mass is 16.5. The molecule has 1 aliphatic rings. The first-order chi connectivity index (χ1) is 7.53. The van der Waals surface area contributed by atoms with E-state index >= 15 is 0 Å². The number of hydrogen-bond acceptors (Lipinski definition) is 3. The van der Waals surface area contributed by atoms with Gasteiger partial charge in [0.15, 0.2) is 0 Å². The highest BCUT2D eigenvalue weighted by Crippen LogP contribution is 2.29. The Morgan fingerprint density at radius 1 is 1.38 bits per heavy atom. The zero-order valence-corrected chi connectivity index (χ0v) is 10.4. The van der Waals surface area contributed by atoms with Crippen molar-refractivity contribution in [2.24, 2.45) is 11.3 Å². The Balaban J connectivity index is 1.95. The van der Waals surface area contributed by atoms with E-state index in [-0.39, 0.29) is 5.41 Å². The number of ether oxygens (including phenoxy) is 1. The number of nitrogens with zero attached hydrogens (tertiary/aromatic N) is 2. The molecule has 0 atom stereocenters.